The van der Waals surface area contributed by atoms with Gasteiger partial charge in [-0.3, -0.25) is 4.68 Å². The molecule has 0 saturated carbocycles. The average molecular weight is 267 g/mol. The van der Waals surface area contributed by atoms with Crippen LogP contribution in [0.5, 0.6) is 0 Å². The minimum absolute atomic E-state index is 0.644. The lowest BCUT2D eigenvalue weighted by Crippen LogP contribution is -2.04. The van der Waals surface area contributed by atoms with Gasteiger partial charge in [-0.25, -0.2) is 4.68 Å². The van der Waals surface area contributed by atoms with Crippen molar-refractivity contribution in [2.24, 2.45) is 0 Å². The summed E-state index contributed by atoms with van der Waals surface area (Å²) in [6, 6.07) is 10.3. The van der Waals surface area contributed by atoms with Gasteiger partial charge in [0.25, 0.3) is 0 Å². The van der Waals surface area contributed by atoms with Crippen molar-refractivity contribution < 1.29 is 0 Å². The summed E-state index contributed by atoms with van der Waals surface area (Å²) in [5.41, 5.74) is 5.30. The maximum Gasteiger partial charge on any atom is 0.105 e. The predicted octanol–water partition coefficient (Wildman–Crippen LogP) is 2.44. The number of aryl methyl sites for hydroxylation is 3. The first-order valence-corrected chi connectivity index (χ1v) is 6.61. The van der Waals surface area contributed by atoms with Crippen molar-refractivity contribution in [2.75, 3.05) is 0 Å². The predicted molar refractivity (Wildman–Crippen MR) is 76.9 cm³/mol. The summed E-state index contributed by atoms with van der Waals surface area (Å²) < 4.78 is 3.74. The van der Waals surface area contributed by atoms with E-state index < -0.39 is 0 Å². The van der Waals surface area contributed by atoms with Crippen LogP contribution in [0.25, 0.3) is 5.69 Å². The summed E-state index contributed by atoms with van der Waals surface area (Å²) in [5, 5.41) is 12.8. The summed E-state index contributed by atoms with van der Waals surface area (Å²) in [5.74, 6) is 0. The zero-order valence-corrected chi connectivity index (χ0v) is 11.9. The van der Waals surface area contributed by atoms with Crippen molar-refractivity contribution >= 4 is 0 Å². The molecule has 0 fully saturated rings. The Hall–Kier alpha value is -2.43. The lowest BCUT2D eigenvalue weighted by atomic mass is 10.2. The fraction of sp³-hybridized carbons (Fsp3) is 0.267. The lowest BCUT2D eigenvalue weighted by molar-refractivity contribution is 0.644. The zero-order valence-electron chi connectivity index (χ0n) is 11.9. The van der Waals surface area contributed by atoms with Crippen molar-refractivity contribution in [3.63, 3.8) is 0 Å². The normalized spacial score (nSPS) is 10.9. The number of hydrogen-bond donors (Lipinski definition) is 0. The van der Waals surface area contributed by atoms with E-state index in [0.29, 0.717) is 6.54 Å². The Kier molecular flexibility index (Phi) is 3.10. The van der Waals surface area contributed by atoms with Crippen LogP contribution in [0, 0.1) is 20.8 Å². The second-order valence-corrected chi connectivity index (χ2v) is 5.07. The van der Waals surface area contributed by atoms with Crippen molar-refractivity contribution in [3.8, 4) is 5.69 Å². The average Bonchev–Trinajstić information content (AvgIpc) is 2.98. The summed E-state index contributed by atoms with van der Waals surface area (Å²) >= 11 is 0. The molecule has 5 nitrogen and oxygen atoms in total. The Morgan fingerprint density at radius 3 is 2.45 bits per heavy atom. The van der Waals surface area contributed by atoms with Crippen LogP contribution >= 0.6 is 0 Å². The second kappa shape index (κ2) is 4.92. The smallest absolute Gasteiger partial charge is 0.105 e. The molecule has 2 aromatic heterocycles. The van der Waals surface area contributed by atoms with E-state index in [4.69, 9.17) is 0 Å². The third-order valence-electron chi connectivity index (χ3n) is 3.25. The molecule has 0 N–H and O–H groups in total. The Morgan fingerprint density at radius 2 is 1.80 bits per heavy atom. The number of hydrogen-bond acceptors (Lipinski definition) is 3. The van der Waals surface area contributed by atoms with Crippen LogP contribution < -0.4 is 0 Å². The first kappa shape index (κ1) is 12.6. The SMILES string of the molecule is Cc1ccc(-n2cc(Cn3nc(C)cc3C)nn2)cc1. The van der Waals surface area contributed by atoms with Crippen molar-refractivity contribution in [3.05, 3.63) is 59.2 Å². The summed E-state index contributed by atoms with van der Waals surface area (Å²) in [7, 11) is 0. The van der Waals surface area contributed by atoms with Gasteiger partial charge in [-0.2, -0.15) is 5.10 Å². The Balaban J connectivity index is 1.83. The van der Waals surface area contributed by atoms with Gasteiger partial charge >= 0.3 is 0 Å². The summed E-state index contributed by atoms with van der Waals surface area (Å²) in [4.78, 5) is 0. The fourth-order valence-corrected chi connectivity index (χ4v) is 2.18. The maximum atomic E-state index is 4.44. The molecule has 0 amide bonds. The van der Waals surface area contributed by atoms with Crippen LogP contribution in [0.1, 0.15) is 22.6 Å². The molecule has 0 unspecified atom stereocenters. The highest BCUT2D eigenvalue weighted by molar-refractivity contribution is 5.33. The van der Waals surface area contributed by atoms with Crippen LogP contribution in [0.4, 0.5) is 0 Å². The Morgan fingerprint density at radius 1 is 1.05 bits per heavy atom. The molecule has 0 saturated heterocycles. The van der Waals surface area contributed by atoms with Crippen LogP contribution in [0.3, 0.4) is 0 Å². The quantitative estimate of drug-likeness (QED) is 0.732. The Bertz CT molecular complexity index is 721. The van der Waals surface area contributed by atoms with E-state index in [9.17, 15) is 0 Å². The number of benzene rings is 1. The third-order valence-corrected chi connectivity index (χ3v) is 3.25. The highest BCUT2D eigenvalue weighted by Gasteiger charge is 2.06. The van der Waals surface area contributed by atoms with E-state index in [1.165, 1.54) is 5.56 Å². The largest absolute Gasteiger partial charge is 0.263 e. The minimum Gasteiger partial charge on any atom is -0.263 e. The van der Waals surface area contributed by atoms with Gasteiger partial charge in [0.1, 0.15) is 5.69 Å². The number of nitrogens with zero attached hydrogens (tertiary/aromatic N) is 5. The minimum atomic E-state index is 0.644. The highest BCUT2D eigenvalue weighted by Crippen LogP contribution is 2.10. The van der Waals surface area contributed by atoms with E-state index in [1.54, 1.807) is 4.68 Å². The van der Waals surface area contributed by atoms with Gasteiger partial charge < -0.3 is 0 Å². The monoisotopic (exact) mass is 267 g/mol. The van der Waals surface area contributed by atoms with Crippen molar-refractivity contribution in [1.29, 1.82) is 0 Å². The molecular weight excluding hydrogens is 250 g/mol. The molecule has 0 bridgehead atoms. The van der Waals surface area contributed by atoms with Gasteiger partial charge in [0.05, 0.1) is 24.1 Å². The van der Waals surface area contributed by atoms with E-state index in [0.717, 1.165) is 22.8 Å². The number of rotatable bonds is 3. The Labute approximate surface area is 117 Å². The van der Waals surface area contributed by atoms with Crippen LogP contribution in [-0.2, 0) is 6.54 Å². The first-order valence-electron chi connectivity index (χ1n) is 6.61. The zero-order chi connectivity index (χ0) is 14.1. The van der Waals surface area contributed by atoms with Crippen LogP contribution in [0.15, 0.2) is 36.5 Å². The van der Waals surface area contributed by atoms with Gasteiger partial charge in [0.2, 0.25) is 0 Å². The topological polar surface area (TPSA) is 48.5 Å². The molecule has 3 rings (SSSR count). The van der Waals surface area contributed by atoms with Gasteiger partial charge in [-0.1, -0.05) is 22.9 Å². The molecule has 3 aromatic rings. The molecule has 102 valence electrons. The van der Waals surface area contributed by atoms with E-state index >= 15 is 0 Å². The number of aromatic nitrogens is 5. The second-order valence-electron chi connectivity index (χ2n) is 5.07. The lowest BCUT2D eigenvalue weighted by Gasteiger charge is -2.01. The molecule has 0 aliphatic rings. The molecule has 20 heavy (non-hydrogen) atoms. The molecule has 2 heterocycles. The van der Waals surface area contributed by atoms with E-state index in [2.05, 4.69) is 40.5 Å². The molecule has 0 atom stereocenters. The van der Waals surface area contributed by atoms with E-state index in [-0.39, 0.29) is 0 Å². The molecule has 0 aliphatic heterocycles. The van der Waals surface area contributed by atoms with Crippen molar-refractivity contribution in [2.45, 2.75) is 27.3 Å². The van der Waals surface area contributed by atoms with E-state index in [1.807, 2.05) is 36.9 Å². The molecule has 5 heteroatoms. The molecule has 0 spiro atoms. The van der Waals surface area contributed by atoms with Crippen LogP contribution in [-0.4, -0.2) is 24.8 Å². The summed E-state index contributed by atoms with van der Waals surface area (Å²) in [6.45, 7) is 6.75. The molecule has 0 radical (unpaired) electrons. The summed E-state index contributed by atoms with van der Waals surface area (Å²) in [6.07, 6.45) is 1.95. The standard InChI is InChI=1S/C15H17N5/c1-11-4-6-15(7-5-11)20-10-14(16-18-20)9-19-13(3)8-12(2)17-19/h4-8,10H,9H2,1-3H3. The third kappa shape index (κ3) is 2.47. The van der Waals surface area contributed by atoms with Gasteiger partial charge in [-0.05, 0) is 39.0 Å². The van der Waals surface area contributed by atoms with Gasteiger partial charge in [0.15, 0.2) is 0 Å². The maximum absolute atomic E-state index is 4.44. The highest BCUT2D eigenvalue weighted by atomic mass is 15.4. The van der Waals surface area contributed by atoms with Gasteiger partial charge in [-0.15, -0.1) is 5.10 Å². The first-order chi connectivity index (χ1) is 9.61. The molecule has 1 aromatic carbocycles. The fourth-order valence-electron chi connectivity index (χ4n) is 2.18. The molecular formula is C15H17N5. The van der Waals surface area contributed by atoms with Crippen molar-refractivity contribution in [1.82, 2.24) is 24.8 Å². The molecule has 0 aliphatic carbocycles. The van der Waals surface area contributed by atoms with Gasteiger partial charge in [0, 0.05) is 5.69 Å². The van der Waals surface area contributed by atoms with Crippen LogP contribution in [0.2, 0.25) is 0 Å².